The van der Waals surface area contributed by atoms with Crippen molar-refractivity contribution in [3.8, 4) is 11.5 Å². The Balaban J connectivity index is 2.68. The number of amides is 2. The molecule has 8 heteroatoms. The van der Waals surface area contributed by atoms with Crippen molar-refractivity contribution in [2.45, 2.75) is 13.0 Å². The third kappa shape index (κ3) is 5.99. The molecule has 0 unspecified atom stereocenters. The second kappa shape index (κ2) is 9.19. The Hall–Kier alpha value is -3.03. The maximum absolute atomic E-state index is 11.7. The molecule has 0 aromatic heterocycles. The number of methoxy groups -OCH3 is 3. The van der Waals surface area contributed by atoms with Crippen LogP contribution in [0.3, 0.4) is 0 Å². The van der Waals surface area contributed by atoms with Gasteiger partial charge in [-0.05, 0) is 30.7 Å². The second-order valence-electron chi connectivity index (χ2n) is 4.54. The quantitative estimate of drug-likeness (QED) is 0.620. The van der Waals surface area contributed by atoms with Crippen LogP contribution in [-0.4, -0.2) is 45.4 Å². The molecule has 8 nitrogen and oxygen atoms in total. The number of alkyl carbamates (subject to hydrolysis) is 1. The molecule has 1 aromatic carbocycles. The lowest BCUT2D eigenvalue weighted by Crippen LogP contribution is -2.39. The molecule has 0 radical (unpaired) electrons. The second-order valence-corrected chi connectivity index (χ2v) is 4.54. The highest BCUT2D eigenvalue weighted by molar-refractivity contribution is 5.96. The zero-order chi connectivity index (χ0) is 18.1. The first-order chi connectivity index (χ1) is 11.4. The molecule has 24 heavy (non-hydrogen) atoms. The van der Waals surface area contributed by atoms with Gasteiger partial charge in [0.05, 0.1) is 21.3 Å². The van der Waals surface area contributed by atoms with Crippen LogP contribution in [0.1, 0.15) is 12.5 Å². The molecule has 0 aliphatic rings. The van der Waals surface area contributed by atoms with Gasteiger partial charge < -0.3 is 18.9 Å². The first-order valence-electron chi connectivity index (χ1n) is 6.90. The van der Waals surface area contributed by atoms with E-state index < -0.39 is 24.1 Å². The average molecular weight is 337 g/mol. The first-order valence-corrected chi connectivity index (χ1v) is 6.90. The van der Waals surface area contributed by atoms with Gasteiger partial charge in [-0.3, -0.25) is 10.1 Å². The van der Waals surface area contributed by atoms with Gasteiger partial charge in [0.2, 0.25) is 0 Å². The van der Waals surface area contributed by atoms with Crippen molar-refractivity contribution in [3.63, 3.8) is 0 Å². The zero-order valence-corrected chi connectivity index (χ0v) is 13.8. The minimum Gasteiger partial charge on any atom is -0.497 e. The molecule has 2 amide bonds. The number of hydrogen-bond donors (Lipinski definition) is 1. The lowest BCUT2D eigenvalue weighted by molar-refractivity contribution is -0.149. The van der Waals surface area contributed by atoms with Gasteiger partial charge in [-0.1, -0.05) is 0 Å². The van der Waals surface area contributed by atoms with Gasteiger partial charge in [-0.15, -0.1) is 0 Å². The molecule has 1 atom stereocenters. The largest absolute Gasteiger partial charge is 0.497 e. The van der Waals surface area contributed by atoms with Gasteiger partial charge in [0.15, 0.2) is 6.10 Å². The molecule has 0 heterocycles. The van der Waals surface area contributed by atoms with E-state index in [0.29, 0.717) is 17.1 Å². The molecular formula is C16H19NO7. The van der Waals surface area contributed by atoms with E-state index in [2.05, 4.69) is 4.74 Å². The third-order valence-corrected chi connectivity index (χ3v) is 2.86. The number of rotatable bonds is 6. The predicted molar refractivity (Wildman–Crippen MR) is 84.7 cm³/mol. The average Bonchev–Trinajstić information content (AvgIpc) is 2.59. The number of benzene rings is 1. The first kappa shape index (κ1) is 19.0. The Morgan fingerprint density at radius 3 is 2.12 bits per heavy atom. The van der Waals surface area contributed by atoms with E-state index in [1.807, 2.05) is 5.32 Å². The summed E-state index contributed by atoms with van der Waals surface area (Å²) in [4.78, 5) is 34.2. The van der Waals surface area contributed by atoms with Crippen molar-refractivity contribution >= 4 is 24.0 Å². The summed E-state index contributed by atoms with van der Waals surface area (Å²) in [5.41, 5.74) is 0.648. The summed E-state index contributed by atoms with van der Waals surface area (Å²) < 4.78 is 19.4. The van der Waals surface area contributed by atoms with Crippen LogP contribution in [0.5, 0.6) is 11.5 Å². The monoisotopic (exact) mass is 337 g/mol. The van der Waals surface area contributed by atoms with E-state index in [1.165, 1.54) is 27.2 Å². The van der Waals surface area contributed by atoms with E-state index >= 15 is 0 Å². The fourth-order valence-electron chi connectivity index (χ4n) is 1.61. The summed E-state index contributed by atoms with van der Waals surface area (Å²) in [7, 11) is 4.14. The number of ether oxygens (including phenoxy) is 4. The zero-order valence-electron chi connectivity index (χ0n) is 13.8. The Kier molecular flexibility index (Phi) is 7.28. The molecular weight excluding hydrogens is 318 g/mol. The van der Waals surface area contributed by atoms with E-state index in [9.17, 15) is 14.4 Å². The van der Waals surface area contributed by atoms with E-state index in [1.54, 1.807) is 18.2 Å². The van der Waals surface area contributed by atoms with E-state index in [4.69, 9.17) is 14.2 Å². The fourth-order valence-corrected chi connectivity index (χ4v) is 1.61. The summed E-state index contributed by atoms with van der Waals surface area (Å²) in [5.74, 6) is -0.405. The molecule has 0 aliphatic heterocycles. The summed E-state index contributed by atoms with van der Waals surface area (Å²) >= 11 is 0. The van der Waals surface area contributed by atoms with Crippen molar-refractivity contribution in [2.75, 3.05) is 21.3 Å². The van der Waals surface area contributed by atoms with Crippen molar-refractivity contribution < 1.29 is 33.3 Å². The van der Waals surface area contributed by atoms with Crippen LogP contribution in [0.2, 0.25) is 0 Å². The molecule has 0 saturated heterocycles. The maximum atomic E-state index is 11.7. The summed E-state index contributed by atoms with van der Waals surface area (Å²) in [6, 6.07) is 5.08. The number of esters is 1. The highest BCUT2D eigenvalue weighted by Crippen LogP contribution is 2.23. The van der Waals surface area contributed by atoms with Gasteiger partial charge in [-0.25, -0.2) is 9.59 Å². The van der Waals surface area contributed by atoms with Crippen LogP contribution >= 0.6 is 0 Å². The number of imide groups is 1. The van der Waals surface area contributed by atoms with Crippen LogP contribution in [0.25, 0.3) is 6.08 Å². The Morgan fingerprint density at radius 1 is 1.04 bits per heavy atom. The van der Waals surface area contributed by atoms with Gasteiger partial charge >= 0.3 is 12.1 Å². The molecule has 1 rings (SSSR count). The van der Waals surface area contributed by atoms with Crippen molar-refractivity contribution in [2.24, 2.45) is 0 Å². The smallest absolute Gasteiger partial charge is 0.413 e. The standard InChI is InChI=1S/C16H19NO7/c1-10(15(19)17-16(20)23-4)24-14(18)6-5-11-7-12(21-2)9-13(8-11)22-3/h5-10H,1-4H3,(H,17,19,20)/b6-5+/t10-/m0/s1. The molecule has 0 fully saturated rings. The predicted octanol–water partition coefficient (Wildman–Crippen LogP) is 1.53. The molecule has 130 valence electrons. The summed E-state index contributed by atoms with van der Waals surface area (Å²) in [6.07, 6.45) is 0.553. The fraction of sp³-hybridized carbons (Fsp3) is 0.312. The van der Waals surface area contributed by atoms with Gasteiger partial charge in [0.1, 0.15) is 11.5 Å². The molecule has 0 aliphatic carbocycles. The summed E-state index contributed by atoms with van der Waals surface area (Å²) in [5, 5.41) is 1.90. The van der Waals surface area contributed by atoms with Crippen molar-refractivity contribution in [1.29, 1.82) is 0 Å². The van der Waals surface area contributed by atoms with Crippen LogP contribution in [0.4, 0.5) is 4.79 Å². The minimum atomic E-state index is -1.15. The van der Waals surface area contributed by atoms with Crippen LogP contribution < -0.4 is 14.8 Å². The number of nitrogens with one attached hydrogen (secondary N) is 1. The number of carbonyl (C=O) groups is 3. The highest BCUT2D eigenvalue weighted by atomic mass is 16.6. The number of hydrogen-bond acceptors (Lipinski definition) is 7. The van der Waals surface area contributed by atoms with Crippen LogP contribution in [-0.2, 0) is 19.1 Å². The Morgan fingerprint density at radius 2 is 1.62 bits per heavy atom. The van der Waals surface area contributed by atoms with Crippen molar-refractivity contribution in [3.05, 3.63) is 29.8 Å². The topological polar surface area (TPSA) is 100 Å². The van der Waals surface area contributed by atoms with E-state index in [-0.39, 0.29) is 0 Å². The highest BCUT2D eigenvalue weighted by Gasteiger charge is 2.19. The molecule has 0 spiro atoms. The lowest BCUT2D eigenvalue weighted by atomic mass is 10.2. The molecule has 1 aromatic rings. The minimum absolute atomic E-state index is 0.563. The molecule has 1 N–H and O–H groups in total. The van der Waals surface area contributed by atoms with Gasteiger partial charge in [0.25, 0.3) is 5.91 Å². The van der Waals surface area contributed by atoms with Gasteiger partial charge in [-0.2, -0.15) is 0 Å². The SMILES string of the molecule is COC(=O)NC(=O)[C@H](C)OC(=O)/C=C/c1cc(OC)cc(OC)c1. The number of carbonyl (C=O) groups excluding carboxylic acids is 3. The Bertz CT molecular complexity index is 617. The van der Waals surface area contributed by atoms with Crippen LogP contribution in [0.15, 0.2) is 24.3 Å². The normalized spacial score (nSPS) is 11.5. The van der Waals surface area contributed by atoms with Crippen LogP contribution in [0, 0.1) is 0 Å². The van der Waals surface area contributed by atoms with E-state index in [0.717, 1.165) is 13.2 Å². The third-order valence-electron chi connectivity index (χ3n) is 2.86. The molecule has 0 bridgehead atoms. The summed E-state index contributed by atoms with van der Waals surface area (Å²) in [6.45, 7) is 1.33. The molecule has 0 saturated carbocycles. The maximum Gasteiger partial charge on any atom is 0.413 e. The lowest BCUT2D eigenvalue weighted by Gasteiger charge is -2.10. The van der Waals surface area contributed by atoms with Gasteiger partial charge in [0, 0.05) is 12.1 Å². The van der Waals surface area contributed by atoms with Crippen molar-refractivity contribution in [1.82, 2.24) is 5.32 Å². The Labute approximate surface area is 139 Å².